The normalized spacial score (nSPS) is 12.6. The zero-order chi connectivity index (χ0) is 44.5. The van der Waals surface area contributed by atoms with E-state index in [4.69, 9.17) is 13.6 Å². The molecule has 0 heterocycles. The van der Waals surface area contributed by atoms with Gasteiger partial charge in [-0.1, -0.05) is 160 Å². The first kappa shape index (κ1) is 55.5. The van der Waals surface area contributed by atoms with E-state index in [0.717, 1.165) is 89.0 Å². The van der Waals surface area contributed by atoms with Gasteiger partial charge in [0.05, 0.1) is 6.42 Å². The molecule has 0 saturated heterocycles. The van der Waals surface area contributed by atoms with Crippen molar-refractivity contribution in [3.63, 3.8) is 0 Å². The molecule has 346 valence electrons. The molecule has 61 heavy (non-hydrogen) atoms. The maximum Gasteiger partial charge on any atom is 0.653 e. The SMILES string of the molecule is CCCCCCCCC=CCCCCCCCC(=O)OP(=O)(OC(=O)CCCCCCCC=CCCCCCCCC)OC(=O)CCN=Cc1ccc(C(=O)NCCC)cc1. The van der Waals surface area contributed by atoms with E-state index in [2.05, 4.69) is 48.5 Å². The molecule has 0 aliphatic rings. The molecule has 1 N–H and O–H groups in total. The molecule has 0 spiro atoms. The average molecular weight is 871 g/mol. The highest BCUT2D eigenvalue weighted by atomic mass is 31.2. The molecule has 1 aromatic rings. The highest BCUT2D eigenvalue weighted by Crippen LogP contribution is 2.51. The molecule has 0 saturated carbocycles. The Morgan fingerprint density at radius 3 is 1.30 bits per heavy atom. The fraction of sp³-hybridized carbons (Fsp3) is 0.700. The standard InChI is InChI=1S/C50H83N2O8P/c1-4-7-9-11-13-15-17-19-21-23-25-27-29-31-33-35-47(53)58-61(57,59-48(54)36-34-32-30-28-26-24-22-20-18-16-14-12-10-8-5-2)60-49(55)41-43-51-44-45-37-39-46(40-38-45)50(56)52-42-6-3/h19-22,37-40,44H,4-18,23-36,41-43H2,1-3H3,(H,52,56). The Kier molecular flexibility index (Phi) is 35.8. The van der Waals surface area contributed by atoms with Gasteiger partial charge < -0.3 is 18.9 Å². The third-order valence-corrected chi connectivity index (χ3v) is 11.6. The monoisotopic (exact) mass is 871 g/mol. The largest absolute Gasteiger partial charge is 0.653 e. The van der Waals surface area contributed by atoms with Crippen molar-refractivity contribution in [2.75, 3.05) is 13.1 Å². The lowest BCUT2D eigenvalue weighted by molar-refractivity contribution is -0.144. The van der Waals surface area contributed by atoms with Crippen molar-refractivity contribution in [2.45, 2.75) is 213 Å². The highest BCUT2D eigenvalue weighted by molar-refractivity contribution is 7.50. The molecule has 0 bridgehead atoms. The van der Waals surface area contributed by atoms with Crippen LogP contribution in [0.25, 0.3) is 0 Å². The fourth-order valence-corrected chi connectivity index (χ4v) is 7.77. The van der Waals surface area contributed by atoms with Gasteiger partial charge in [0.25, 0.3) is 5.91 Å². The number of nitrogens with one attached hydrogen (secondary N) is 1. The number of allylic oxidation sites excluding steroid dienone is 4. The van der Waals surface area contributed by atoms with Crippen LogP contribution in [0, 0.1) is 0 Å². The Balaban J connectivity index is 2.52. The summed E-state index contributed by atoms with van der Waals surface area (Å²) in [5.74, 6) is -2.80. The van der Waals surface area contributed by atoms with E-state index in [9.17, 15) is 23.7 Å². The number of phosphoric ester groups is 1. The van der Waals surface area contributed by atoms with Crippen molar-refractivity contribution in [3.8, 4) is 0 Å². The zero-order valence-electron chi connectivity index (χ0n) is 38.5. The minimum Gasteiger partial charge on any atom is -0.352 e. The first-order chi connectivity index (χ1) is 29.7. The first-order valence-corrected chi connectivity index (χ1v) is 25.6. The number of nitrogens with zero attached hydrogens (tertiary/aromatic N) is 1. The van der Waals surface area contributed by atoms with Crippen LogP contribution in [0.3, 0.4) is 0 Å². The lowest BCUT2D eigenvalue weighted by Crippen LogP contribution is -2.23. The Hall–Kier alpha value is -3.52. The number of unbranched alkanes of at least 4 members (excludes halogenated alkanes) is 22. The van der Waals surface area contributed by atoms with Crippen LogP contribution in [0.2, 0.25) is 0 Å². The molecule has 0 atom stereocenters. The van der Waals surface area contributed by atoms with E-state index in [0.29, 0.717) is 24.9 Å². The molecule has 0 radical (unpaired) electrons. The van der Waals surface area contributed by atoms with Crippen LogP contribution in [0.4, 0.5) is 0 Å². The summed E-state index contributed by atoms with van der Waals surface area (Å²) in [4.78, 5) is 54.6. The quantitative estimate of drug-likeness (QED) is 0.0298. The van der Waals surface area contributed by atoms with Crippen molar-refractivity contribution in [1.82, 2.24) is 5.32 Å². The summed E-state index contributed by atoms with van der Waals surface area (Å²) in [6.07, 6.45) is 40.0. The Morgan fingerprint density at radius 2 is 0.885 bits per heavy atom. The lowest BCUT2D eigenvalue weighted by atomic mass is 10.1. The van der Waals surface area contributed by atoms with Crippen molar-refractivity contribution in [2.24, 2.45) is 4.99 Å². The van der Waals surface area contributed by atoms with Crippen molar-refractivity contribution < 1.29 is 37.3 Å². The van der Waals surface area contributed by atoms with E-state index in [1.807, 2.05) is 6.92 Å². The number of phosphoric acid groups is 1. The number of benzene rings is 1. The van der Waals surface area contributed by atoms with Crippen LogP contribution in [0.1, 0.15) is 229 Å². The number of aliphatic imine (C=N–C) groups is 1. The highest BCUT2D eigenvalue weighted by Gasteiger charge is 2.39. The van der Waals surface area contributed by atoms with E-state index >= 15 is 0 Å². The summed E-state index contributed by atoms with van der Waals surface area (Å²) in [7, 11) is -4.85. The van der Waals surface area contributed by atoms with Gasteiger partial charge in [-0.3, -0.25) is 24.2 Å². The number of carbonyl (C=O) groups excluding carboxylic acids is 4. The predicted octanol–water partition coefficient (Wildman–Crippen LogP) is 14.4. The van der Waals surface area contributed by atoms with Crippen LogP contribution in [-0.4, -0.2) is 43.1 Å². The van der Waals surface area contributed by atoms with Crippen LogP contribution in [0.15, 0.2) is 53.6 Å². The Labute approximate surface area is 370 Å². The summed E-state index contributed by atoms with van der Waals surface area (Å²) in [5, 5.41) is 2.82. The molecule has 0 aromatic heterocycles. The molecule has 0 aliphatic carbocycles. The van der Waals surface area contributed by atoms with E-state index < -0.39 is 25.7 Å². The molecular weight excluding hydrogens is 788 g/mol. The third-order valence-electron chi connectivity index (χ3n) is 10.3. The van der Waals surface area contributed by atoms with E-state index in [1.165, 1.54) is 77.0 Å². The van der Waals surface area contributed by atoms with Crippen LogP contribution >= 0.6 is 7.82 Å². The molecule has 0 fully saturated rings. The van der Waals surface area contributed by atoms with Gasteiger partial charge in [-0.25, -0.2) is 0 Å². The smallest absolute Gasteiger partial charge is 0.352 e. The summed E-state index contributed by atoms with van der Waals surface area (Å²) in [6, 6.07) is 6.85. The zero-order valence-corrected chi connectivity index (χ0v) is 39.4. The molecule has 0 unspecified atom stereocenters. The molecule has 1 aromatic carbocycles. The van der Waals surface area contributed by atoms with Gasteiger partial charge in [0, 0.05) is 37.7 Å². The van der Waals surface area contributed by atoms with Crippen molar-refractivity contribution >= 4 is 37.9 Å². The molecule has 1 amide bonds. The number of hydrogen-bond acceptors (Lipinski definition) is 9. The second-order valence-corrected chi connectivity index (χ2v) is 17.6. The summed E-state index contributed by atoms with van der Waals surface area (Å²) in [5.41, 5.74) is 1.25. The van der Waals surface area contributed by atoms with E-state index in [1.54, 1.807) is 30.5 Å². The number of carbonyl (C=O) groups is 4. The van der Waals surface area contributed by atoms with E-state index in [-0.39, 0.29) is 31.7 Å². The van der Waals surface area contributed by atoms with Crippen LogP contribution in [-0.2, 0) is 32.5 Å². The van der Waals surface area contributed by atoms with Gasteiger partial charge in [0.2, 0.25) is 0 Å². The topological polar surface area (TPSA) is 137 Å². The molecule has 10 nitrogen and oxygen atoms in total. The Bertz CT molecular complexity index is 1370. The van der Waals surface area contributed by atoms with Crippen LogP contribution in [0.5, 0.6) is 0 Å². The predicted molar refractivity (Wildman–Crippen MR) is 251 cm³/mol. The number of amides is 1. The molecular formula is C50H83N2O8P. The molecule has 1 rings (SSSR count). The summed E-state index contributed by atoms with van der Waals surface area (Å²) >= 11 is 0. The van der Waals surface area contributed by atoms with Crippen molar-refractivity contribution in [1.29, 1.82) is 0 Å². The van der Waals surface area contributed by atoms with Gasteiger partial charge in [0.15, 0.2) is 0 Å². The average Bonchev–Trinajstić information content (AvgIpc) is 3.24. The maximum absolute atomic E-state index is 13.6. The second-order valence-electron chi connectivity index (χ2n) is 16.2. The number of rotatable bonds is 40. The lowest BCUT2D eigenvalue weighted by Gasteiger charge is -2.16. The van der Waals surface area contributed by atoms with Gasteiger partial charge >= 0.3 is 25.7 Å². The van der Waals surface area contributed by atoms with Gasteiger partial charge in [-0.15, -0.1) is 0 Å². The molecule has 0 aliphatic heterocycles. The first-order valence-electron chi connectivity index (χ1n) is 24.2. The van der Waals surface area contributed by atoms with Crippen molar-refractivity contribution in [3.05, 3.63) is 59.7 Å². The van der Waals surface area contributed by atoms with Gasteiger partial charge in [-0.2, -0.15) is 4.57 Å². The maximum atomic E-state index is 13.6. The third kappa shape index (κ3) is 33.7. The van der Waals surface area contributed by atoms with Gasteiger partial charge in [0.1, 0.15) is 0 Å². The summed E-state index contributed by atoms with van der Waals surface area (Å²) in [6.45, 7) is 7.04. The fourth-order valence-electron chi connectivity index (χ4n) is 6.63. The summed E-state index contributed by atoms with van der Waals surface area (Å²) < 4.78 is 28.8. The Morgan fingerprint density at radius 1 is 0.508 bits per heavy atom. The molecule has 11 heteroatoms. The van der Waals surface area contributed by atoms with Gasteiger partial charge in [-0.05, 0) is 88.3 Å². The van der Waals surface area contributed by atoms with Crippen LogP contribution < -0.4 is 5.32 Å². The number of hydrogen-bond donors (Lipinski definition) is 1. The minimum absolute atomic E-state index is 0.0106. The second kappa shape index (κ2) is 39.3. The minimum atomic E-state index is -4.85.